The summed E-state index contributed by atoms with van der Waals surface area (Å²) in [7, 11) is 0. The Morgan fingerprint density at radius 1 is 1.00 bits per heavy atom. The predicted molar refractivity (Wildman–Crippen MR) is 90.7 cm³/mol. The van der Waals surface area contributed by atoms with Crippen LogP contribution in [0.15, 0.2) is 61.2 Å². The van der Waals surface area contributed by atoms with Crippen molar-refractivity contribution in [1.29, 1.82) is 0 Å². The molecular formula is C19H22N2O. The maximum Gasteiger partial charge on any atom is 0.119 e. The maximum atomic E-state index is 5.82. The fourth-order valence-electron chi connectivity index (χ4n) is 2.60. The zero-order chi connectivity index (χ0) is 15.2. The molecule has 1 heterocycles. The van der Waals surface area contributed by atoms with E-state index < -0.39 is 0 Å². The highest BCUT2D eigenvalue weighted by atomic mass is 16.5. The van der Waals surface area contributed by atoms with Gasteiger partial charge in [0, 0.05) is 31.9 Å². The fourth-order valence-corrected chi connectivity index (χ4v) is 2.60. The highest BCUT2D eigenvalue weighted by molar-refractivity contribution is 5.62. The molecule has 22 heavy (non-hydrogen) atoms. The van der Waals surface area contributed by atoms with Gasteiger partial charge in [0.1, 0.15) is 12.4 Å². The van der Waals surface area contributed by atoms with Gasteiger partial charge in [0.05, 0.1) is 0 Å². The number of nitrogens with zero attached hydrogens (tertiary/aromatic N) is 1. The smallest absolute Gasteiger partial charge is 0.119 e. The molecule has 1 aliphatic heterocycles. The van der Waals surface area contributed by atoms with E-state index in [9.17, 15) is 0 Å². The molecule has 1 N–H and O–H groups in total. The molecule has 1 fully saturated rings. The largest absolute Gasteiger partial charge is 0.489 e. The summed E-state index contributed by atoms with van der Waals surface area (Å²) in [5.74, 6) is 0.890. The number of ether oxygens (including phenoxy) is 1. The van der Waals surface area contributed by atoms with Gasteiger partial charge in [-0.25, -0.2) is 0 Å². The van der Waals surface area contributed by atoms with Crippen LogP contribution in [-0.4, -0.2) is 31.1 Å². The Hall–Kier alpha value is -2.26. The van der Waals surface area contributed by atoms with Gasteiger partial charge in [0.15, 0.2) is 0 Å². The molecule has 3 nitrogen and oxygen atoms in total. The molecule has 0 unspecified atom stereocenters. The van der Waals surface area contributed by atoms with Gasteiger partial charge in [-0.3, -0.25) is 0 Å². The lowest BCUT2D eigenvalue weighted by Gasteiger charge is -2.31. The van der Waals surface area contributed by atoms with Crippen LogP contribution in [0, 0.1) is 0 Å². The van der Waals surface area contributed by atoms with E-state index in [1.807, 2.05) is 30.3 Å². The number of rotatable bonds is 5. The lowest BCUT2D eigenvalue weighted by atomic mass is 10.1. The second-order valence-corrected chi connectivity index (χ2v) is 5.48. The van der Waals surface area contributed by atoms with E-state index >= 15 is 0 Å². The molecule has 0 radical (unpaired) electrons. The molecule has 0 saturated carbocycles. The Morgan fingerprint density at radius 3 is 2.36 bits per heavy atom. The number of piperazine rings is 1. The second-order valence-electron chi connectivity index (χ2n) is 5.48. The van der Waals surface area contributed by atoms with E-state index in [0.717, 1.165) is 43.2 Å². The Kier molecular flexibility index (Phi) is 4.76. The molecule has 0 amide bonds. The average molecular weight is 294 g/mol. The topological polar surface area (TPSA) is 24.5 Å². The predicted octanol–water partition coefficient (Wildman–Crippen LogP) is 3.14. The van der Waals surface area contributed by atoms with Crippen molar-refractivity contribution in [3.8, 4) is 5.75 Å². The second kappa shape index (κ2) is 7.14. The Morgan fingerprint density at radius 2 is 1.68 bits per heavy atom. The van der Waals surface area contributed by atoms with Gasteiger partial charge in [-0.15, -0.1) is 0 Å². The third kappa shape index (κ3) is 3.68. The van der Waals surface area contributed by atoms with Crippen LogP contribution in [0.3, 0.4) is 0 Å². The third-order valence-electron chi connectivity index (χ3n) is 3.93. The quantitative estimate of drug-likeness (QED) is 0.917. The summed E-state index contributed by atoms with van der Waals surface area (Å²) in [6.45, 7) is 8.91. The summed E-state index contributed by atoms with van der Waals surface area (Å²) in [6, 6.07) is 18.4. The van der Waals surface area contributed by atoms with Crippen molar-refractivity contribution in [3.05, 3.63) is 72.3 Å². The van der Waals surface area contributed by atoms with Gasteiger partial charge in [-0.05, 0) is 35.4 Å². The van der Waals surface area contributed by atoms with Gasteiger partial charge in [0.2, 0.25) is 0 Å². The normalized spacial score (nSPS) is 14.6. The molecule has 0 atom stereocenters. The molecule has 1 aliphatic rings. The van der Waals surface area contributed by atoms with Crippen molar-refractivity contribution in [2.45, 2.75) is 6.61 Å². The van der Waals surface area contributed by atoms with Crippen LogP contribution in [0.25, 0.3) is 5.70 Å². The van der Waals surface area contributed by atoms with E-state index in [4.69, 9.17) is 4.74 Å². The van der Waals surface area contributed by atoms with Crippen LogP contribution in [0.5, 0.6) is 5.75 Å². The Balaban J connectivity index is 1.59. The first-order valence-electron chi connectivity index (χ1n) is 7.75. The van der Waals surface area contributed by atoms with E-state index in [2.05, 4.69) is 41.1 Å². The molecule has 114 valence electrons. The van der Waals surface area contributed by atoms with Crippen molar-refractivity contribution < 1.29 is 4.74 Å². The molecular weight excluding hydrogens is 272 g/mol. The van der Waals surface area contributed by atoms with Crippen LogP contribution in [-0.2, 0) is 6.61 Å². The van der Waals surface area contributed by atoms with Crippen LogP contribution in [0.4, 0.5) is 0 Å². The molecule has 0 spiro atoms. The summed E-state index contributed by atoms with van der Waals surface area (Å²) in [6.07, 6.45) is 0. The standard InChI is InChI=1S/C19H22N2O/c1-16(21-13-11-20-12-14-21)18-7-9-19(10-8-18)22-15-17-5-3-2-4-6-17/h2-10,20H,1,11-15H2. The van der Waals surface area contributed by atoms with Crippen molar-refractivity contribution in [3.63, 3.8) is 0 Å². The number of benzene rings is 2. The van der Waals surface area contributed by atoms with E-state index in [-0.39, 0.29) is 0 Å². The third-order valence-corrected chi connectivity index (χ3v) is 3.93. The minimum atomic E-state index is 0.596. The summed E-state index contributed by atoms with van der Waals surface area (Å²) >= 11 is 0. The van der Waals surface area contributed by atoms with Crippen molar-refractivity contribution in [2.24, 2.45) is 0 Å². The number of nitrogens with one attached hydrogen (secondary N) is 1. The summed E-state index contributed by atoms with van der Waals surface area (Å²) < 4.78 is 5.82. The van der Waals surface area contributed by atoms with E-state index in [1.165, 1.54) is 5.56 Å². The van der Waals surface area contributed by atoms with Crippen molar-refractivity contribution >= 4 is 5.70 Å². The first-order valence-corrected chi connectivity index (χ1v) is 7.75. The molecule has 0 aliphatic carbocycles. The molecule has 0 aromatic heterocycles. The number of hydrogen-bond donors (Lipinski definition) is 1. The highest BCUT2D eigenvalue weighted by Crippen LogP contribution is 2.21. The lowest BCUT2D eigenvalue weighted by Crippen LogP contribution is -2.42. The zero-order valence-corrected chi connectivity index (χ0v) is 12.8. The lowest BCUT2D eigenvalue weighted by molar-refractivity contribution is 0.306. The molecule has 1 saturated heterocycles. The summed E-state index contributed by atoms with van der Waals surface area (Å²) in [5, 5.41) is 3.36. The zero-order valence-electron chi connectivity index (χ0n) is 12.8. The molecule has 0 bridgehead atoms. The first kappa shape index (κ1) is 14.7. The monoisotopic (exact) mass is 294 g/mol. The average Bonchev–Trinajstić information content (AvgIpc) is 2.61. The van der Waals surface area contributed by atoms with Crippen LogP contribution in [0.2, 0.25) is 0 Å². The minimum Gasteiger partial charge on any atom is -0.489 e. The van der Waals surface area contributed by atoms with Crippen LogP contribution < -0.4 is 10.1 Å². The SMILES string of the molecule is C=C(c1ccc(OCc2ccccc2)cc1)N1CCNCC1. The van der Waals surface area contributed by atoms with E-state index in [1.54, 1.807) is 0 Å². The summed E-state index contributed by atoms with van der Waals surface area (Å²) in [5.41, 5.74) is 3.43. The number of hydrogen-bond acceptors (Lipinski definition) is 3. The molecule has 3 heteroatoms. The van der Waals surface area contributed by atoms with Gasteiger partial charge in [-0.2, -0.15) is 0 Å². The Bertz CT molecular complexity index is 601. The van der Waals surface area contributed by atoms with Crippen LogP contribution >= 0.6 is 0 Å². The fraction of sp³-hybridized carbons (Fsp3) is 0.263. The van der Waals surface area contributed by atoms with Gasteiger partial charge < -0.3 is 15.0 Å². The molecule has 3 rings (SSSR count). The molecule has 2 aromatic rings. The van der Waals surface area contributed by atoms with Gasteiger partial charge in [0.25, 0.3) is 0 Å². The minimum absolute atomic E-state index is 0.596. The van der Waals surface area contributed by atoms with Crippen molar-refractivity contribution in [2.75, 3.05) is 26.2 Å². The summed E-state index contributed by atoms with van der Waals surface area (Å²) in [4.78, 5) is 2.33. The first-order chi connectivity index (χ1) is 10.8. The highest BCUT2D eigenvalue weighted by Gasteiger charge is 2.12. The Labute approximate surface area is 132 Å². The van der Waals surface area contributed by atoms with E-state index in [0.29, 0.717) is 6.61 Å². The van der Waals surface area contributed by atoms with Crippen molar-refractivity contribution in [1.82, 2.24) is 10.2 Å². The van der Waals surface area contributed by atoms with Gasteiger partial charge >= 0.3 is 0 Å². The molecule has 2 aromatic carbocycles. The van der Waals surface area contributed by atoms with Crippen LogP contribution in [0.1, 0.15) is 11.1 Å². The van der Waals surface area contributed by atoms with Gasteiger partial charge in [-0.1, -0.05) is 36.9 Å². The maximum absolute atomic E-state index is 5.82.